The van der Waals surface area contributed by atoms with Crippen LogP contribution < -0.4 is 0 Å². The van der Waals surface area contributed by atoms with Gasteiger partial charge in [0.1, 0.15) is 6.17 Å². The third-order valence-corrected chi connectivity index (χ3v) is 1.65. The third kappa shape index (κ3) is 2.29. The zero-order chi connectivity index (χ0) is 6.57. The molecule has 0 aliphatic heterocycles. The van der Waals surface area contributed by atoms with E-state index in [1.165, 1.54) is 0 Å². The SMILES string of the molecule is CCC(F)[C@H](C)CC. The highest BCUT2D eigenvalue weighted by Crippen LogP contribution is 2.13. The largest absolute Gasteiger partial charge is 0.247 e. The van der Waals surface area contributed by atoms with Crippen molar-refractivity contribution in [1.82, 2.24) is 0 Å². The summed E-state index contributed by atoms with van der Waals surface area (Å²) in [5.41, 5.74) is 0. The van der Waals surface area contributed by atoms with Gasteiger partial charge in [-0.25, -0.2) is 4.39 Å². The van der Waals surface area contributed by atoms with E-state index in [1.807, 2.05) is 20.8 Å². The maximum Gasteiger partial charge on any atom is 0.102 e. The van der Waals surface area contributed by atoms with Crippen molar-refractivity contribution < 1.29 is 4.39 Å². The van der Waals surface area contributed by atoms with E-state index in [2.05, 4.69) is 0 Å². The Bertz CT molecular complexity index is 44.3. The van der Waals surface area contributed by atoms with E-state index in [0.717, 1.165) is 6.42 Å². The number of hydrogen-bond donors (Lipinski definition) is 0. The van der Waals surface area contributed by atoms with Crippen LogP contribution in [0.3, 0.4) is 0 Å². The Labute approximate surface area is 51.1 Å². The zero-order valence-corrected chi connectivity index (χ0v) is 5.95. The maximum absolute atomic E-state index is 12.5. The van der Waals surface area contributed by atoms with Crippen molar-refractivity contribution in [3.8, 4) is 0 Å². The van der Waals surface area contributed by atoms with Gasteiger partial charge in [-0.3, -0.25) is 0 Å². The molecule has 0 aromatic carbocycles. The van der Waals surface area contributed by atoms with Crippen LogP contribution in [-0.4, -0.2) is 6.17 Å². The second kappa shape index (κ2) is 3.88. The smallest absolute Gasteiger partial charge is 0.102 e. The highest BCUT2D eigenvalue weighted by Gasteiger charge is 2.10. The maximum atomic E-state index is 12.5. The molecule has 0 amide bonds. The third-order valence-electron chi connectivity index (χ3n) is 1.65. The quantitative estimate of drug-likeness (QED) is 0.534. The average molecular weight is 118 g/mol. The molecule has 0 fully saturated rings. The molecular formula is C7H15F. The number of rotatable bonds is 3. The monoisotopic (exact) mass is 118 g/mol. The molecule has 0 saturated heterocycles. The van der Waals surface area contributed by atoms with E-state index in [0.29, 0.717) is 6.42 Å². The molecule has 1 heteroatoms. The molecule has 8 heavy (non-hydrogen) atoms. The van der Waals surface area contributed by atoms with E-state index in [4.69, 9.17) is 0 Å². The molecule has 0 aliphatic rings. The van der Waals surface area contributed by atoms with Crippen molar-refractivity contribution in [2.24, 2.45) is 5.92 Å². The summed E-state index contributed by atoms with van der Waals surface area (Å²) in [6.45, 7) is 5.86. The minimum absolute atomic E-state index is 0.250. The number of hydrogen-bond acceptors (Lipinski definition) is 0. The molecule has 0 heterocycles. The van der Waals surface area contributed by atoms with Gasteiger partial charge < -0.3 is 0 Å². The predicted molar refractivity (Wildman–Crippen MR) is 34.6 cm³/mol. The fourth-order valence-electron chi connectivity index (χ4n) is 0.658. The van der Waals surface area contributed by atoms with Gasteiger partial charge in [-0.2, -0.15) is 0 Å². The minimum atomic E-state index is -0.583. The van der Waals surface area contributed by atoms with Gasteiger partial charge in [-0.1, -0.05) is 27.2 Å². The first-order chi connectivity index (χ1) is 3.72. The summed E-state index contributed by atoms with van der Waals surface area (Å²) in [5.74, 6) is 0.250. The van der Waals surface area contributed by atoms with Crippen molar-refractivity contribution in [3.63, 3.8) is 0 Å². The van der Waals surface area contributed by atoms with Gasteiger partial charge in [0.2, 0.25) is 0 Å². The molecule has 0 nitrogen and oxygen atoms in total. The van der Waals surface area contributed by atoms with Crippen molar-refractivity contribution in [3.05, 3.63) is 0 Å². The molecule has 0 aromatic heterocycles. The molecule has 0 bridgehead atoms. The molecule has 2 atom stereocenters. The van der Waals surface area contributed by atoms with Gasteiger partial charge in [0.15, 0.2) is 0 Å². The number of alkyl halides is 1. The molecule has 0 rings (SSSR count). The Kier molecular flexibility index (Phi) is 3.84. The van der Waals surface area contributed by atoms with Gasteiger partial charge in [0, 0.05) is 0 Å². The summed E-state index contributed by atoms with van der Waals surface area (Å²) < 4.78 is 12.5. The second-order valence-corrected chi connectivity index (χ2v) is 2.31. The van der Waals surface area contributed by atoms with Crippen LogP contribution in [0.25, 0.3) is 0 Å². The molecule has 0 N–H and O–H groups in total. The van der Waals surface area contributed by atoms with E-state index in [-0.39, 0.29) is 5.92 Å². The fourth-order valence-corrected chi connectivity index (χ4v) is 0.658. The van der Waals surface area contributed by atoms with Crippen LogP contribution in [0.5, 0.6) is 0 Å². The lowest BCUT2D eigenvalue weighted by molar-refractivity contribution is 0.230. The topological polar surface area (TPSA) is 0 Å². The second-order valence-electron chi connectivity index (χ2n) is 2.31. The van der Waals surface area contributed by atoms with Gasteiger partial charge >= 0.3 is 0 Å². The predicted octanol–water partition coefficient (Wildman–Crippen LogP) is 2.78. The van der Waals surface area contributed by atoms with Gasteiger partial charge in [-0.15, -0.1) is 0 Å². The first kappa shape index (κ1) is 7.93. The molecule has 0 aliphatic carbocycles. The van der Waals surface area contributed by atoms with Gasteiger partial charge in [-0.05, 0) is 12.3 Å². The van der Waals surface area contributed by atoms with Crippen LogP contribution in [-0.2, 0) is 0 Å². The Morgan fingerprint density at radius 3 is 1.88 bits per heavy atom. The molecule has 0 radical (unpaired) electrons. The van der Waals surface area contributed by atoms with Crippen molar-refractivity contribution >= 4 is 0 Å². The first-order valence-corrected chi connectivity index (χ1v) is 3.36. The summed E-state index contributed by atoms with van der Waals surface area (Å²) in [6, 6.07) is 0. The van der Waals surface area contributed by atoms with E-state index < -0.39 is 6.17 Å². The lowest BCUT2D eigenvalue weighted by Crippen LogP contribution is -2.09. The summed E-state index contributed by atoms with van der Waals surface area (Å²) in [6.07, 6.45) is 1.03. The zero-order valence-electron chi connectivity index (χ0n) is 5.95. The average Bonchev–Trinajstić information content (AvgIpc) is 1.84. The van der Waals surface area contributed by atoms with Gasteiger partial charge in [0.25, 0.3) is 0 Å². The molecule has 0 aromatic rings. The number of halogens is 1. The van der Waals surface area contributed by atoms with Crippen molar-refractivity contribution in [2.45, 2.75) is 39.8 Å². The van der Waals surface area contributed by atoms with E-state index >= 15 is 0 Å². The van der Waals surface area contributed by atoms with Crippen molar-refractivity contribution in [1.29, 1.82) is 0 Å². The Balaban J connectivity index is 3.29. The van der Waals surface area contributed by atoms with E-state index in [9.17, 15) is 4.39 Å². The van der Waals surface area contributed by atoms with Crippen LogP contribution in [0.1, 0.15) is 33.6 Å². The summed E-state index contributed by atoms with van der Waals surface area (Å²) in [7, 11) is 0. The standard InChI is InChI=1S/C7H15F/c1-4-6(3)7(8)5-2/h6-7H,4-5H2,1-3H3/t6-,7?/m1/s1. The van der Waals surface area contributed by atoms with Crippen LogP contribution in [0.15, 0.2) is 0 Å². The van der Waals surface area contributed by atoms with Crippen LogP contribution >= 0.6 is 0 Å². The summed E-state index contributed by atoms with van der Waals surface area (Å²) in [5, 5.41) is 0. The van der Waals surface area contributed by atoms with Crippen molar-refractivity contribution in [2.75, 3.05) is 0 Å². The molecule has 0 spiro atoms. The van der Waals surface area contributed by atoms with Crippen LogP contribution in [0, 0.1) is 5.92 Å². The molecule has 50 valence electrons. The fraction of sp³-hybridized carbons (Fsp3) is 1.00. The lowest BCUT2D eigenvalue weighted by atomic mass is 10.0. The summed E-state index contributed by atoms with van der Waals surface area (Å²) in [4.78, 5) is 0. The van der Waals surface area contributed by atoms with Gasteiger partial charge in [0.05, 0.1) is 0 Å². The highest BCUT2D eigenvalue weighted by atomic mass is 19.1. The first-order valence-electron chi connectivity index (χ1n) is 3.36. The summed E-state index contributed by atoms with van der Waals surface area (Å²) >= 11 is 0. The Morgan fingerprint density at radius 2 is 1.75 bits per heavy atom. The van der Waals surface area contributed by atoms with Crippen LogP contribution in [0.2, 0.25) is 0 Å². The van der Waals surface area contributed by atoms with E-state index in [1.54, 1.807) is 0 Å². The lowest BCUT2D eigenvalue weighted by Gasteiger charge is -2.10. The Morgan fingerprint density at radius 1 is 1.25 bits per heavy atom. The minimum Gasteiger partial charge on any atom is -0.247 e. The highest BCUT2D eigenvalue weighted by molar-refractivity contribution is 4.59. The molecule has 1 unspecified atom stereocenters. The van der Waals surface area contributed by atoms with Crippen LogP contribution in [0.4, 0.5) is 4.39 Å². The molecule has 0 saturated carbocycles. The molecular weight excluding hydrogens is 103 g/mol. The normalized spacial score (nSPS) is 18.0. The Hall–Kier alpha value is -0.0700.